The number of oxazole rings is 1. The third-order valence-electron chi connectivity index (χ3n) is 5.14. The number of carboxylic acids is 1. The first kappa shape index (κ1) is 16.3. The SMILES string of the molecule is Cc1ocnc1C(=O)N1CCC(C(=O)O)(n2cnc3ccccc32)CC1. The van der Waals surface area contributed by atoms with E-state index in [1.165, 1.54) is 6.39 Å². The summed E-state index contributed by atoms with van der Waals surface area (Å²) in [6, 6.07) is 7.45. The molecule has 0 radical (unpaired) electrons. The van der Waals surface area contributed by atoms with Gasteiger partial charge in [0, 0.05) is 13.1 Å². The lowest BCUT2D eigenvalue weighted by Gasteiger charge is -2.39. The molecular weight excluding hydrogens is 336 g/mol. The van der Waals surface area contributed by atoms with Gasteiger partial charge in [-0.15, -0.1) is 0 Å². The summed E-state index contributed by atoms with van der Waals surface area (Å²) >= 11 is 0. The van der Waals surface area contributed by atoms with Crippen molar-refractivity contribution < 1.29 is 19.1 Å². The van der Waals surface area contributed by atoms with Crippen LogP contribution in [0.25, 0.3) is 11.0 Å². The van der Waals surface area contributed by atoms with E-state index < -0.39 is 11.5 Å². The Labute approximate surface area is 149 Å². The number of aliphatic carboxylic acids is 1. The summed E-state index contributed by atoms with van der Waals surface area (Å²) in [6.45, 7) is 2.33. The monoisotopic (exact) mass is 354 g/mol. The summed E-state index contributed by atoms with van der Waals surface area (Å²) < 4.78 is 6.83. The van der Waals surface area contributed by atoms with Crippen LogP contribution in [0.15, 0.2) is 41.4 Å². The smallest absolute Gasteiger partial charge is 0.330 e. The van der Waals surface area contributed by atoms with Crippen molar-refractivity contribution in [3.8, 4) is 0 Å². The fourth-order valence-electron chi connectivity index (χ4n) is 3.60. The molecule has 0 unspecified atom stereocenters. The Hall–Kier alpha value is -3.16. The predicted molar refractivity (Wildman–Crippen MR) is 91.7 cm³/mol. The molecule has 1 aliphatic rings. The number of benzene rings is 1. The van der Waals surface area contributed by atoms with E-state index >= 15 is 0 Å². The predicted octanol–water partition coefficient (Wildman–Crippen LogP) is 2.05. The first-order valence-corrected chi connectivity index (χ1v) is 8.38. The number of aromatic nitrogens is 3. The molecule has 3 aromatic rings. The van der Waals surface area contributed by atoms with Crippen molar-refractivity contribution in [2.45, 2.75) is 25.3 Å². The molecule has 0 aliphatic carbocycles. The first-order valence-electron chi connectivity index (χ1n) is 8.38. The number of likely N-dealkylation sites (tertiary alicyclic amines) is 1. The van der Waals surface area contributed by atoms with Crippen LogP contribution in [-0.2, 0) is 10.3 Å². The third-order valence-corrected chi connectivity index (χ3v) is 5.14. The Kier molecular flexibility index (Phi) is 3.75. The number of nitrogens with zero attached hydrogens (tertiary/aromatic N) is 4. The number of fused-ring (bicyclic) bond motifs is 1. The number of carboxylic acid groups (broad SMARTS) is 1. The molecule has 8 nitrogen and oxygen atoms in total. The van der Waals surface area contributed by atoms with Crippen LogP contribution in [0.4, 0.5) is 0 Å². The molecule has 0 bridgehead atoms. The maximum Gasteiger partial charge on any atom is 0.330 e. The van der Waals surface area contributed by atoms with E-state index in [4.69, 9.17) is 4.42 Å². The van der Waals surface area contributed by atoms with Crippen molar-refractivity contribution in [2.24, 2.45) is 0 Å². The van der Waals surface area contributed by atoms with E-state index in [0.29, 0.717) is 31.7 Å². The standard InChI is InChI=1S/C18H18N4O4/c1-12-15(20-11-26-12)16(23)21-8-6-18(7-9-21,17(24)25)22-10-19-13-4-2-3-5-14(13)22/h2-5,10-11H,6-9H2,1H3,(H,24,25). The van der Waals surface area contributed by atoms with E-state index in [0.717, 1.165) is 11.0 Å². The summed E-state index contributed by atoms with van der Waals surface area (Å²) in [5.41, 5.74) is 0.693. The van der Waals surface area contributed by atoms with Gasteiger partial charge in [0.05, 0.1) is 17.4 Å². The highest BCUT2D eigenvalue weighted by Crippen LogP contribution is 2.34. The van der Waals surface area contributed by atoms with Gasteiger partial charge in [0.1, 0.15) is 11.3 Å². The van der Waals surface area contributed by atoms with Crippen molar-refractivity contribution in [1.29, 1.82) is 0 Å². The molecule has 1 aromatic carbocycles. The van der Waals surface area contributed by atoms with Gasteiger partial charge in [0.2, 0.25) is 0 Å². The number of hydrogen-bond acceptors (Lipinski definition) is 5. The van der Waals surface area contributed by atoms with Gasteiger partial charge in [-0.25, -0.2) is 14.8 Å². The number of imidazole rings is 1. The number of para-hydroxylation sites is 2. The Balaban J connectivity index is 1.63. The Bertz CT molecular complexity index is 982. The molecular formula is C18H18N4O4. The van der Waals surface area contributed by atoms with Crippen LogP contribution in [0.3, 0.4) is 0 Å². The highest BCUT2D eigenvalue weighted by Gasteiger charge is 2.45. The second-order valence-corrected chi connectivity index (χ2v) is 6.49. The van der Waals surface area contributed by atoms with Crippen LogP contribution in [0.5, 0.6) is 0 Å². The van der Waals surface area contributed by atoms with E-state index in [2.05, 4.69) is 9.97 Å². The van der Waals surface area contributed by atoms with Crippen molar-refractivity contribution in [1.82, 2.24) is 19.4 Å². The van der Waals surface area contributed by atoms with Gasteiger partial charge in [0.15, 0.2) is 12.1 Å². The van der Waals surface area contributed by atoms with Gasteiger partial charge in [-0.2, -0.15) is 0 Å². The minimum atomic E-state index is -1.12. The average molecular weight is 354 g/mol. The van der Waals surface area contributed by atoms with E-state index in [-0.39, 0.29) is 11.6 Å². The van der Waals surface area contributed by atoms with Crippen molar-refractivity contribution >= 4 is 22.9 Å². The number of amides is 1. The summed E-state index contributed by atoms with van der Waals surface area (Å²) in [7, 11) is 0. The molecule has 1 fully saturated rings. The van der Waals surface area contributed by atoms with Gasteiger partial charge >= 0.3 is 5.97 Å². The minimum Gasteiger partial charge on any atom is -0.479 e. The van der Waals surface area contributed by atoms with Crippen LogP contribution < -0.4 is 0 Å². The summed E-state index contributed by atoms with van der Waals surface area (Å²) in [4.78, 5) is 34.7. The topological polar surface area (TPSA) is 101 Å². The Morgan fingerprint density at radius 1 is 1.19 bits per heavy atom. The van der Waals surface area contributed by atoms with Crippen LogP contribution in [0.2, 0.25) is 0 Å². The Morgan fingerprint density at radius 3 is 2.58 bits per heavy atom. The second-order valence-electron chi connectivity index (χ2n) is 6.49. The fraction of sp³-hybridized carbons (Fsp3) is 0.333. The Morgan fingerprint density at radius 2 is 1.92 bits per heavy atom. The number of carbonyl (C=O) groups is 2. The van der Waals surface area contributed by atoms with Gasteiger partial charge in [-0.1, -0.05) is 12.1 Å². The molecule has 26 heavy (non-hydrogen) atoms. The number of piperidine rings is 1. The molecule has 2 aromatic heterocycles. The molecule has 1 amide bonds. The molecule has 1 aliphatic heterocycles. The molecule has 0 spiro atoms. The van der Waals surface area contributed by atoms with E-state index in [1.807, 2.05) is 24.3 Å². The second kappa shape index (κ2) is 5.98. The maximum atomic E-state index is 12.6. The zero-order chi connectivity index (χ0) is 18.3. The van der Waals surface area contributed by atoms with Crippen molar-refractivity contribution in [3.63, 3.8) is 0 Å². The first-order chi connectivity index (χ1) is 12.5. The van der Waals surface area contributed by atoms with Crippen LogP contribution in [0, 0.1) is 6.92 Å². The largest absolute Gasteiger partial charge is 0.479 e. The lowest BCUT2D eigenvalue weighted by Crippen LogP contribution is -2.52. The molecule has 3 heterocycles. The molecule has 1 saturated heterocycles. The van der Waals surface area contributed by atoms with E-state index in [9.17, 15) is 14.7 Å². The number of carbonyl (C=O) groups excluding carboxylic acids is 1. The molecule has 4 rings (SSSR count). The lowest BCUT2D eigenvalue weighted by molar-refractivity contribution is -0.149. The normalized spacial score (nSPS) is 16.7. The number of hydrogen-bond donors (Lipinski definition) is 1. The maximum absolute atomic E-state index is 12.6. The average Bonchev–Trinajstić information content (AvgIpc) is 3.27. The van der Waals surface area contributed by atoms with Gasteiger partial charge in [0.25, 0.3) is 5.91 Å². The van der Waals surface area contributed by atoms with Crippen molar-refractivity contribution in [2.75, 3.05) is 13.1 Å². The van der Waals surface area contributed by atoms with E-state index in [1.54, 1.807) is 22.7 Å². The molecule has 134 valence electrons. The molecule has 1 N–H and O–H groups in total. The molecule has 0 atom stereocenters. The lowest BCUT2D eigenvalue weighted by atomic mass is 9.86. The molecule has 0 saturated carbocycles. The minimum absolute atomic E-state index is 0.231. The zero-order valence-electron chi connectivity index (χ0n) is 14.3. The van der Waals surface area contributed by atoms with Gasteiger partial charge < -0.3 is 19.0 Å². The van der Waals surface area contributed by atoms with Crippen LogP contribution in [0.1, 0.15) is 29.1 Å². The number of rotatable bonds is 3. The highest BCUT2D eigenvalue weighted by molar-refractivity contribution is 5.93. The van der Waals surface area contributed by atoms with Gasteiger partial charge in [-0.3, -0.25) is 4.79 Å². The molecule has 8 heteroatoms. The van der Waals surface area contributed by atoms with Crippen molar-refractivity contribution in [3.05, 3.63) is 48.4 Å². The van der Waals surface area contributed by atoms with Crippen LogP contribution in [-0.4, -0.2) is 49.5 Å². The summed E-state index contributed by atoms with van der Waals surface area (Å²) in [5, 5.41) is 9.99. The summed E-state index contributed by atoms with van der Waals surface area (Å²) in [5.74, 6) is -0.679. The fourth-order valence-corrected chi connectivity index (χ4v) is 3.60. The highest BCUT2D eigenvalue weighted by atomic mass is 16.4. The zero-order valence-corrected chi connectivity index (χ0v) is 14.3. The van der Waals surface area contributed by atoms with Gasteiger partial charge in [-0.05, 0) is 31.9 Å². The number of aryl methyl sites for hydroxylation is 1. The third kappa shape index (κ3) is 2.37. The van der Waals surface area contributed by atoms with Crippen LogP contribution >= 0.6 is 0 Å². The summed E-state index contributed by atoms with van der Waals surface area (Å²) in [6.07, 6.45) is 3.42. The quantitative estimate of drug-likeness (QED) is 0.772.